The minimum atomic E-state index is -0.609. The van der Waals surface area contributed by atoms with Crippen LogP contribution in [0.3, 0.4) is 0 Å². The van der Waals surface area contributed by atoms with E-state index in [-0.39, 0.29) is 0 Å². The van der Waals surface area contributed by atoms with Crippen LogP contribution in [0.15, 0.2) is 0 Å². The third-order valence-corrected chi connectivity index (χ3v) is 9.55. The Morgan fingerprint density at radius 1 is 1.33 bits per heavy atom. The summed E-state index contributed by atoms with van der Waals surface area (Å²) in [5.41, 5.74) is 0. The van der Waals surface area contributed by atoms with E-state index in [1.807, 2.05) is 22.3 Å². The van der Waals surface area contributed by atoms with Crippen molar-refractivity contribution in [2.45, 2.75) is 23.7 Å². The number of rotatable bonds is 1. The second-order valence-electron chi connectivity index (χ2n) is 2.72. The summed E-state index contributed by atoms with van der Waals surface area (Å²) in [6.07, 6.45) is 0. The molecule has 0 fully saturated rings. The second kappa shape index (κ2) is 2.35. The van der Waals surface area contributed by atoms with Crippen molar-refractivity contribution in [1.82, 2.24) is 0 Å². The fourth-order valence-corrected chi connectivity index (χ4v) is 0. The van der Waals surface area contributed by atoms with Crippen molar-refractivity contribution in [2.24, 2.45) is 0 Å². The summed E-state index contributed by atoms with van der Waals surface area (Å²) in [7, 11) is -0.609. The average Bonchev–Trinajstić information content (AvgIpc) is 1.35. The quantitative estimate of drug-likeness (QED) is 0.577. The molecule has 0 rings (SSSR count). The molecular formula is C4H12SiTe. The van der Waals surface area contributed by atoms with Crippen molar-refractivity contribution >= 4 is 30.4 Å². The van der Waals surface area contributed by atoms with Gasteiger partial charge >= 0.3 is 54.1 Å². The molecule has 0 aromatic rings. The molecule has 0 aliphatic carbocycles. The van der Waals surface area contributed by atoms with E-state index in [2.05, 4.69) is 19.6 Å². The molecular weight excluding hydrogens is 204 g/mol. The fraction of sp³-hybridized carbons (Fsp3) is 1.00. The van der Waals surface area contributed by atoms with Crippen LogP contribution in [0.1, 0.15) is 0 Å². The van der Waals surface area contributed by atoms with E-state index in [4.69, 9.17) is 0 Å². The maximum absolute atomic E-state index is 2.39. The van der Waals surface area contributed by atoms with Gasteiger partial charge < -0.3 is 0 Å². The zero-order valence-corrected chi connectivity index (χ0v) is 8.21. The molecule has 0 saturated carbocycles. The molecule has 0 heterocycles. The zero-order chi connectivity index (χ0) is 5.21. The van der Waals surface area contributed by atoms with Crippen molar-refractivity contribution in [3.63, 3.8) is 0 Å². The molecule has 0 spiro atoms. The van der Waals surface area contributed by atoms with Crippen LogP contribution in [0.4, 0.5) is 0 Å². The first-order chi connectivity index (χ1) is 2.56. The van der Waals surface area contributed by atoms with Crippen LogP contribution in [-0.4, -0.2) is 30.4 Å². The van der Waals surface area contributed by atoms with E-state index in [0.29, 0.717) is 0 Å². The molecule has 0 saturated heterocycles. The van der Waals surface area contributed by atoms with Crippen molar-refractivity contribution in [3.8, 4) is 0 Å². The molecule has 0 aromatic heterocycles. The van der Waals surface area contributed by atoms with E-state index >= 15 is 0 Å². The van der Waals surface area contributed by atoms with Gasteiger partial charge in [-0.2, -0.15) is 0 Å². The number of hydrogen-bond donors (Lipinski definition) is 0. The Bertz CT molecular complexity index is 37.3. The van der Waals surface area contributed by atoms with Gasteiger partial charge in [-0.3, -0.25) is 0 Å². The van der Waals surface area contributed by atoms with Crippen LogP contribution in [0, 0.1) is 0 Å². The first kappa shape index (κ1) is 7.01. The van der Waals surface area contributed by atoms with Gasteiger partial charge in [-0.1, -0.05) is 0 Å². The Kier molecular flexibility index (Phi) is 2.74. The van der Waals surface area contributed by atoms with Gasteiger partial charge in [-0.05, 0) is 0 Å². The Hall–Kier alpha value is 1.01. The molecule has 0 unspecified atom stereocenters. The predicted octanol–water partition coefficient (Wildman–Crippen LogP) is 1.18. The van der Waals surface area contributed by atoms with Crippen LogP contribution in [-0.2, 0) is 0 Å². The summed E-state index contributed by atoms with van der Waals surface area (Å²) < 4.78 is 1.46. The third-order valence-electron chi connectivity index (χ3n) is 0.474. The van der Waals surface area contributed by atoms with E-state index in [9.17, 15) is 0 Å². The topological polar surface area (TPSA) is 0 Å². The summed E-state index contributed by atoms with van der Waals surface area (Å²) in [4.78, 5) is 0. The van der Waals surface area contributed by atoms with Gasteiger partial charge in [-0.25, -0.2) is 0 Å². The number of hydrogen-bond acceptors (Lipinski definition) is 0. The van der Waals surface area contributed by atoms with Crippen molar-refractivity contribution < 1.29 is 0 Å². The van der Waals surface area contributed by atoms with Gasteiger partial charge in [0.05, 0.1) is 0 Å². The van der Waals surface area contributed by atoms with E-state index in [1.54, 1.807) is 0 Å². The Morgan fingerprint density at radius 3 is 1.50 bits per heavy atom. The maximum atomic E-state index is 2.39. The normalized spacial score (nSPS) is 12.0. The van der Waals surface area contributed by atoms with Gasteiger partial charge in [0, 0.05) is 0 Å². The molecule has 0 radical (unpaired) electrons. The summed E-state index contributed by atoms with van der Waals surface area (Å²) >= 11 is 1.96. The minimum absolute atomic E-state index is 0.609. The summed E-state index contributed by atoms with van der Waals surface area (Å²) in [5, 5.41) is 0. The Morgan fingerprint density at radius 2 is 1.50 bits per heavy atom. The average molecular weight is 216 g/mol. The zero-order valence-electron chi connectivity index (χ0n) is 4.65. The molecule has 0 nitrogen and oxygen atoms in total. The van der Waals surface area contributed by atoms with Crippen molar-refractivity contribution in [2.75, 3.05) is 0 Å². The molecule has 38 valence electrons. The van der Waals surface area contributed by atoms with E-state index in [0.717, 1.165) is 0 Å². The van der Waals surface area contributed by atoms with Crippen LogP contribution >= 0.6 is 0 Å². The fourth-order valence-electron chi connectivity index (χ4n) is 0. The molecule has 2 heteroatoms. The summed E-state index contributed by atoms with van der Waals surface area (Å²) in [6.45, 7) is 7.18. The van der Waals surface area contributed by atoms with Crippen LogP contribution in [0.25, 0.3) is 0 Å². The summed E-state index contributed by atoms with van der Waals surface area (Å²) in [5.74, 6) is 0. The standard InChI is InChI=1S/C4H12SiTe/c1-5(2,3)4-6/h6H,4H2,1-3H3. The summed E-state index contributed by atoms with van der Waals surface area (Å²) in [6, 6.07) is 0. The third kappa shape index (κ3) is 5.01. The van der Waals surface area contributed by atoms with Gasteiger partial charge in [-0.15, -0.1) is 0 Å². The second-order valence-corrected chi connectivity index (χ2v) is 10.9. The molecule has 6 heavy (non-hydrogen) atoms. The van der Waals surface area contributed by atoms with Gasteiger partial charge in [0.2, 0.25) is 0 Å². The van der Waals surface area contributed by atoms with Crippen molar-refractivity contribution in [3.05, 3.63) is 0 Å². The first-order valence-electron chi connectivity index (χ1n) is 2.17. The monoisotopic (exact) mass is 218 g/mol. The molecule has 0 amide bonds. The molecule has 0 bridgehead atoms. The Balaban J connectivity index is 3.17. The van der Waals surface area contributed by atoms with Gasteiger partial charge in [0.1, 0.15) is 0 Å². The van der Waals surface area contributed by atoms with Gasteiger partial charge in [0.15, 0.2) is 0 Å². The molecule has 0 aromatic carbocycles. The van der Waals surface area contributed by atoms with Crippen LogP contribution in [0.2, 0.25) is 23.7 Å². The van der Waals surface area contributed by atoms with Crippen LogP contribution < -0.4 is 0 Å². The van der Waals surface area contributed by atoms with Gasteiger partial charge in [0.25, 0.3) is 0 Å². The van der Waals surface area contributed by atoms with E-state index in [1.165, 1.54) is 4.09 Å². The predicted molar refractivity (Wildman–Crippen MR) is 35.3 cm³/mol. The van der Waals surface area contributed by atoms with Crippen molar-refractivity contribution in [1.29, 1.82) is 0 Å². The van der Waals surface area contributed by atoms with E-state index < -0.39 is 8.07 Å². The molecule has 0 aliphatic heterocycles. The van der Waals surface area contributed by atoms with Crippen LogP contribution in [0.5, 0.6) is 0 Å². The molecule has 0 N–H and O–H groups in total. The SMILES string of the molecule is C[Si](C)(C)C[TeH]. The molecule has 0 atom stereocenters. The molecule has 0 aliphatic rings. The first-order valence-corrected chi connectivity index (χ1v) is 7.68. The Labute approximate surface area is 54.2 Å².